The third-order valence-electron chi connectivity index (χ3n) is 19.8. The highest BCUT2D eigenvalue weighted by atomic mass is 32.2. The molecule has 100 heavy (non-hydrogen) atoms. The van der Waals surface area contributed by atoms with E-state index in [-0.39, 0.29) is 36.6 Å². The van der Waals surface area contributed by atoms with Crippen LogP contribution in [0.25, 0.3) is 84.1 Å². The third kappa shape index (κ3) is 14.2. The van der Waals surface area contributed by atoms with Crippen molar-refractivity contribution in [3.63, 3.8) is 0 Å². The van der Waals surface area contributed by atoms with Gasteiger partial charge >= 0.3 is 6.03 Å². The van der Waals surface area contributed by atoms with Crippen LogP contribution >= 0.6 is 0 Å². The maximum Gasteiger partial charge on any atom is 0.317 e. The van der Waals surface area contributed by atoms with Gasteiger partial charge < -0.3 is 20.9 Å². The predicted octanol–water partition coefficient (Wildman–Crippen LogP) is 9.37. The van der Waals surface area contributed by atoms with Crippen LogP contribution in [0.5, 0.6) is 0 Å². The van der Waals surface area contributed by atoms with Crippen molar-refractivity contribution >= 4 is 38.5 Å². The molecule has 0 atom stereocenters. The predicted molar refractivity (Wildman–Crippen MR) is 379 cm³/mol. The second-order valence-corrected chi connectivity index (χ2v) is 27.9. The molecule has 31 heteroatoms. The minimum atomic E-state index is -3.15. The Morgan fingerprint density at radius 2 is 0.790 bits per heavy atom. The van der Waals surface area contributed by atoms with Crippen molar-refractivity contribution in [2.75, 3.05) is 59.1 Å². The van der Waals surface area contributed by atoms with E-state index in [4.69, 9.17) is 20.7 Å². The molecule has 0 unspecified atom stereocenters. The molecule has 3 saturated heterocycles. The van der Waals surface area contributed by atoms with E-state index in [2.05, 4.69) is 111 Å². The van der Waals surface area contributed by atoms with Crippen molar-refractivity contribution in [3.8, 4) is 67.5 Å². The van der Waals surface area contributed by atoms with E-state index in [1.807, 2.05) is 138 Å². The molecule has 0 radical (unpaired) electrons. The fraction of sp³-hybridized carbons (Fsp3) is 0.449. The number of carbonyl (C=O) groups is 2. The second kappa shape index (κ2) is 29.7. The molecule has 524 valence electrons. The minimum Gasteiger partial charge on any atom is -0.341 e. The van der Waals surface area contributed by atoms with Gasteiger partial charge in [-0.05, 0) is 82.4 Å². The number of aromatic nitrogens is 21. The first-order valence-electron chi connectivity index (χ1n) is 34.8. The van der Waals surface area contributed by atoms with Crippen molar-refractivity contribution in [1.82, 2.24) is 122 Å². The Balaban J connectivity index is 0.000000134. The van der Waals surface area contributed by atoms with Gasteiger partial charge in [-0.1, -0.05) is 41.5 Å². The van der Waals surface area contributed by atoms with Crippen LogP contribution in [0.3, 0.4) is 0 Å². The van der Waals surface area contributed by atoms with E-state index < -0.39 is 10.0 Å². The van der Waals surface area contributed by atoms with Crippen molar-refractivity contribution in [2.24, 2.45) is 5.73 Å². The highest BCUT2D eigenvalue weighted by Gasteiger charge is 2.35. The summed E-state index contributed by atoms with van der Waals surface area (Å²) in [6, 6.07) is 7.54. The van der Waals surface area contributed by atoms with Gasteiger partial charge in [0.1, 0.15) is 0 Å². The largest absolute Gasteiger partial charge is 0.341 e. The smallest absolute Gasteiger partial charge is 0.317 e. The van der Waals surface area contributed by atoms with Crippen LogP contribution in [-0.2, 0) is 14.8 Å². The average Bonchev–Trinajstić information content (AvgIpc) is 1.61. The number of hydrogen-bond acceptors (Lipinski definition) is 17. The van der Waals surface area contributed by atoms with E-state index in [1.54, 1.807) is 31.8 Å². The number of sulfonamides is 1. The van der Waals surface area contributed by atoms with Crippen LogP contribution in [0.1, 0.15) is 142 Å². The number of carbonyl (C=O) groups excluding carboxylic acids is 2. The first kappa shape index (κ1) is 68.3. The van der Waals surface area contributed by atoms with Crippen LogP contribution < -0.4 is 11.1 Å². The molecule has 12 aromatic heterocycles. The van der Waals surface area contributed by atoms with E-state index in [9.17, 15) is 18.0 Å². The molecule has 0 spiro atoms. The first-order chi connectivity index (χ1) is 48.6. The van der Waals surface area contributed by atoms with Crippen LogP contribution in [0, 0.1) is 0 Å². The number of nitrogens with one attached hydrogen (secondary N) is 1. The van der Waals surface area contributed by atoms with E-state index in [0.717, 1.165) is 161 Å². The number of urea groups is 1. The highest BCUT2D eigenvalue weighted by molar-refractivity contribution is 7.88. The molecule has 0 aliphatic carbocycles. The molecule has 0 aromatic carbocycles. The molecular formula is C69H88N26O4S. The van der Waals surface area contributed by atoms with Gasteiger partial charge in [0, 0.05) is 117 Å². The molecule has 0 saturated carbocycles. The molecule has 15 heterocycles. The number of nitrogens with zero attached hydrogens (tertiary/aromatic N) is 24. The number of piperidine rings is 2. The van der Waals surface area contributed by atoms with Crippen LogP contribution in [0.15, 0.2) is 130 Å². The number of fused-ring (bicyclic) bond motifs is 3. The Labute approximate surface area is 579 Å². The topological polar surface area (TPSA) is 314 Å². The van der Waals surface area contributed by atoms with Gasteiger partial charge in [0.25, 0.3) is 0 Å². The fourth-order valence-corrected chi connectivity index (χ4v) is 14.6. The first-order valence-corrected chi connectivity index (χ1v) is 36.6. The number of nitrogens with two attached hydrogens (primary N) is 1. The summed E-state index contributed by atoms with van der Waals surface area (Å²) in [7, 11) is -1.48. The summed E-state index contributed by atoms with van der Waals surface area (Å²) in [5.74, 6) is 0.0105. The molecule has 30 nitrogen and oxygen atoms in total. The van der Waals surface area contributed by atoms with Crippen LogP contribution in [-0.4, -0.2) is 196 Å². The van der Waals surface area contributed by atoms with Crippen molar-refractivity contribution < 1.29 is 18.0 Å². The maximum atomic E-state index is 11.9. The molecule has 3 N–H and O–H groups in total. The summed E-state index contributed by atoms with van der Waals surface area (Å²) in [5, 5.41) is 43.6. The van der Waals surface area contributed by atoms with Gasteiger partial charge in [0.2, 0.25) is 15.9 Å². The SMILES string of the molecule is CCC(CC)n1cc(-c2nc(-c3cnn(C4CCN(C(=O)CN)CC4)c3)cn3nccc23)cn1.CCC(CC)n1cc(-c2nc(-c3cnn(C4CCN(C(=O)NC)CC4)c3)cn3nccc23)cn1.CCC(CC)n1cc(-c2nc(-c3cnn(C4CN(S(C)(=O)=O)C4)c3)cn3nccc23)cn1. The quantitative estimate of drug-likeness (QED) is 0.0717. The number of hydrogen-bond donors (Lipinski definition) is 2. The normalized spacial score (nSPS) is 15.2. The lowest BCUT2D eigenvalue weighted by atomic mass is 10.1. The van der Waals surface area contributed by atoms with E-state index >= 15 is 0 Å². The van der Waals surface area contributed by atoms with Gasteiger partial charge in [-0.3, -0.25) is 32.9 Å². The van der Waals surface area contributed by atoms with Crippen LogP contribution in [0.4, 0.5) is 4.79 Å². The molecule has 12 aromatic rings. The molecule has 3 aliphatic heterocycles. The third-order valence-corrected chi connectivity index (χ3v) is 21.0. The second-order valence-electron chi connectivity index (χ2n) is 25.9. The number of amides is 3. The summed E-state index contributed by atoms with van der Waals surface area (Å²) in [4.78, 5) is 42.4. The Hall–Kier alpha value is -10.3. The van der Waals surface area contributed by atoms with Crippen molar-refractivity contribution in [1.29, 1.82) is 0 Å². The Morgan fingerprint density at radius 1 is 0.460 bits per heavy atom. The summed E-state index contributed by atoms with van der Waals surface area (Å²) in [5.41, 5.74) is 18.8. The van der Waals surface area contributed by atoms with E-state index in [1.165, 1.54) is 10.6 Å². The Morgan fingerprint density at radius 3 is 1.11 bits per heavy atom. The summed E-state index contributed by atoms with van der Waals surface area (Å²) in [6.45, 7) is 16.9. The maximum absolute atomic E-state index is 11.9. The lowest BCUT2D eigenvalue weighted by Gasteiger charge is -2.36. The zero-order chi connectivity index (χ0) is 69.8. The average molecular weight is 1380 g/mol. The highest BCUT2D eigenvalue weighted by Crippen LogP contribution is 2.34. The monoisotopic (exact) mass is 1380 g/mol. The molecule has 0 bridgehead atoms. The lowest BCUT2D eigenvalue weighted by molar-refractivity contribution is -0.131. The molecule has 15 rings (SSSR count). The van der Waals surface area contributed by atoms with Gasteiger partial charge in [-0.25, -0.2) is 41.7 Å². The molecule has 3 aliphatic rings. The number of rotatable bonds is 20. The van der Waals surface area contributed by atoms with Crippen molar-refractivity contribution in [2.45, 2.75) is 142 Å². The Bertz CT molecular complexity index is 4670. The van der Waals surface area contributed by atoms with Crippen molar-refractivity contribution in [3.05, 3.63) is 130 Å². The lowest BCUT2D eigenvalue weighted by Crippen LogP contribution is -2.50. The molecular weight excluding hydrogens is 1290 g/mol. The van der Waals surface area contributed by atoms with Gasteiger partial charge in [0.05, 0.1) is 174 Å². The van der Waals surface area contributed by atoms with Gasteiger partial charge in [0.15, 0.2) is 0 Å². The zero-order valence-corrected chi connectivity index (χ0v) is 58.8. The number of likely N-dealkylation sites (tertiary alicyclic amines) is 2. The minimum absolute atomic E-state index is 0.0105. The van der Waals surface area contributed by atoms with Gasteiger partial charge in [-0.2, -0.15) is 50.2 Å². The summed E-state index contributed by atoms with van der Waals surface area (Å²) in [6.07, 6.45) is 45.3. The van der Waals surface area contributed by atoms with E-state index in [0.29, 0.717) is 44.3 Å². The standard InChI is InChI=1S/2C24H31N9O.C21H26N8O2S/c1-4-19(5-2)31-15-18(13-28-31)23-22-6-9-26-33(22)16-21(29-23)17-12-27-32(14-17)20-7-10-30(11-8-20)24(34)25-3;1-3-19(4-2)31-15-18(13-28-31)24-22-5-8-26-33(22)16-21(29-24)17-12-27-32(14-17)20-6-9-30(10-7-20)23(34)11-25;1-4-17(5-2)27-11-16(9-24-27)21-20-6-7-22-29(20)14-19(25-21)15-8-23-28(10-15)18-12-26(13-18)32(3,30)31/h6,9,12-16,19-20H,4-5,7-8,10-11H2,1-3H3,(H,25,34);5,8,12-16,19-20H,3-4,6-7,9-11,25H2,1-2H3;6-11,14,17-18H,4-5,12-13H2,1-3H3. The molecule has 3 amide bonds. The summed E-state index contributed by atoms with van der Waals surface area (Å²) < 4.78 is 42.2. The Kier molecular flexibility index (Phi) is 20.2. The van der Waals surface area contributed by atoms with Crippen LogP contribution in [0.2, 0.25) is 0 Å². The fourth-order valence-electron chi connectivity index (χ4n) is 13.7. The zero-order valence-electron chi connectivity index (χ0n) is 58.0. The summed E-state index contributed by atoms with van der Waals surface area (Å²) >= 11 is 0. The molecule has 3 fully saturated rings. The van der Waals surface area contributed by atoms with Gasteiger partial charge in [-0.15, -0.1) is 0 Å².